The number of nitrogens with zero attached hydrogens (tertiary/aromatic N) is 3. The van der Waals surface area contributed by atoms with Crippen LogP contribution in [0, 0.1) is 0 Å². The highest BCUT2D eigenvalue weighted by molar-refractivity contribution is 5.41. The van der Waals surface area contributed by atoms with Crippen LogP contribution in [0.2, 0.25) is 0 Å². The zero-order valence-corrected chi connectivity index (χ0v) is 9.29. The maximum absolute atomic E-state index is 5.64. The first kappa shape index (κ1) is 10.5. The Hall–Kier alpha value is -2.04. The van der Waals surface area contributed by atoms with Gasteiger partial charge in [0.1, 0.15) is 5.82 Å². The van der Waals surface area contributed by atoms with Crippen LogP contribution in [0.15, 0.2) is 30.6 Å². The van der Waals surface area contributed by atoms with E-state index in [4.69, 9.17) is 10.5 Å². The van der Waals surface area contributed by atoms with Gasteiger partial charge in [0.15, 0.2) is 11.6 Å². The van der Waals surface area contributed by atoms with E-state index in [1.54, 1.807) is 23.1 Å². The van der Waals surface area contributed by atoms with Crippen LogP contribution in [0.4, 0.5) is 5.82 Å². The fraction of sp³-hybridized carbons (Fsp3) is 0.273. The molecule has 5 heteroatoms. The Morgan fingerprint density at radius 3 is 2.81 bits per heavy atom. The molecule has 2 aromatic rings. The Labute approximate surface area is 93.9 Å². The Morgan fingerprint density at radius 2 is 2.19 bits per heavy atom. The minimum absolute atomic E-state index is 0.0934. The predicted molar refractivity (Wildman–Crippen MR) is 61.5 cm³/mol. The van der Waals surface area contributed by atoms with E-state index in [2.05, 4.69) is 10.1 Å². The van der Waals surface area contributed by atoms with Crippen molar-refractivity contribution >= 4 is 5.82 Å². The lowest BCUT2D eigenvalue weighted by Crippen LogP contribution is -2.10. The monoisotopic (exact) mass is 218 g/mol. The Balaban J connectivity index is 2.40. The summed E-state index contributed by atoms with van der Waals surface area (Å²) >= 11 is 0. The molecule has 0 amide bonds. The molecule has 5 nitrogen and oxygen atoms in total. The molecule has 0 unspecified atom stereocenters. The molecule has 2 heterocycles. The van der Waals surface area contributed by atoms with Crippen LogP contribution in [0.25, 0.3) is 5.82 Å². The smallest absolute Gasteiger partial charge is 0.196 e. The molecule has 0 saturated heterocycles. The van der Waals surface area contributed by atoms with Crippen molar-refractivity contribution in [2.24, 2.45) is 0 Å². The Morgan fingerprint density at radius 1 is 1.38 bits per heavy atom. The molecule has 84 valence electrons. The third-order valence-electron chi connectivity index (χ3n) is 1.94. The summed E-state index contributed by atoms with van der Waals surface area (Å²) in [5, 5.41) is 4.10. The van der Waals surface area contributed by atoms with E-state index in [9.17, 15) is 0 Å². The summed E-state index contributed by atoms with van der Waals surface area (Å²) in [5.41, 5.74) is 5.57. The number of rotatable bonds is 3. The molecule has 2 N–H and O–H groups in total. The summed E-state index contributed by atoms with van der Waals surface area (Å²) in [6.45, 7) is 3.93. The van der Waals surface area contributed by atoms with Crippen LogP contribution in [-0.2, 0) is 0 Å². The van der Waals surface area contributed by atoms with Gasteiger partial charge in [-0.2, -0.15) is 0 Å². The van der Waals surface area contributed by atoms with Crippen molar-refractivity contribution in [1.29, 1.82) is 0 Å². The van der Waals surface area contributed by atoms with E-state index in [1.165, 1.54) is 0 Å². The Kier molecular flexibility index (Phi) is 2.76. The number of aromatic nitrogens is 3. The number of anilines is 1. The summed E-state index contributed by atoms with van der Waals surface area (Å²) < 4.78 is 7.25. The number of hydrogen-bond acceptors (Lipinski definition) is 4. The second-order valence-corrected chi connectivity index (χ2v) is 3.68. The van der Waals surface area contributed by atoms with E-state index in [0.29, 0.717) is 17.4 Å². The first-order valence-corrected chi connectivity index (χ1v) is 5.10. The van der Waals surface area contributed by atoms with Gasteiger partial charge in [0, 0.05) is 18.5 Å². The van der Waals surface area contributed by atoms with E-state index in [-0.39, 0.29) is 6.10 Å². The van der Waals surface area contributed by atoms with Crippen LogP contribution in [-0.4, -0.2) is 20.9 Å². The van der Waals surface area contributed by atoms with Gasteiger partial charge in [-0.1, -0.05) is 0 Å². The Bertz CT molecular complexity index is 478. The van der Waals surface area contributed by atoms with Gasteiger partial charge in [-0.05, 0) is 26.0 Å². The molecule has 0 atom stereocenters. The molecule has 0 fully saturated rings. The molecule has 0 aliphatic carbocycles. The number of nitrogens with two attached hydrogens (primary N) is 1. The van der Waals surface area contributed by atoms with Crippen molar-refractivity contribution in [3.63, 3.8) is 0 Å². The molecule has 0 radical (unpaired) electrons. The molecular weight excluding hydrogens is 204 g/mol. The van der Waals surface area contributed by atoms with Gasteiger partial charge in [0.2, 0.25) is 0 Å². The fourth-order valence-electron chi connectivity index (χ4n) is 1.36. The van der Waals surface area contributed by atoms with Gasteiger partial charge in [-0.3, -0.25) is 0 Å². The van der Waals surface area contributed by atoms with Gasteiger partial charge in [-0.25, -0.2) is 9.67 Å². The summed E-state index contributed by atoms with van der Waals surface area (Å²) in [6, 6.07) is 5.40. The lowest BCUT2D eigenvalue weighted by atomic mass is 10.4. The first-order chi connectivity index (χ1) is 7.66. The summed E-state index contributed by atoms with van der Waals surface area (Å²) in [4.78, 5) is 4.24. The maximum Gasteiger partial charge on any atom is 0.196 e. The normalized spacial score (nSPS) is 10.7. The number of pyridine rings is 1. The van der Waals surface area contributed by atoms with E-state index in [0.717, 1.165) is 0 Å². The zero-order chi connectivity index (χ0) is 11.5. The second kappa shape index (κ2) is 4.22. The number of hydrogen-bond donors (Lipinski definition) is 1. The molecule has 0 bridgehead atoms. The molecule has 2 rings (SSSR count). The second-order valence-electron chi connectivity index (χ2n) is 3.68. The summed E-state index contributed by atoms with van der Waals surface area (Å²) in [6.07, 6.45) is 3.54. The quantitative estimate of drug-likeness (QED) is 0.850. The van der Waals surface area contributed by atoms with Crippen LogP contribution >= 0.6 is 0 Å². The van der Waals surface area contributed by atoms with Crippen LogP contribution in [0.5, 0.6) is 5.75 Å². The van der Waals surface area contributed by atoms with Crippen molar-refractivity contribution in [1.82, 2.24) is 14.8 Å². The zero-order valence-electron chi connectivity index (χ0n) is 9.29. The molecule has 16 heavy (non-hydrogen) atoms. The average Bonchev–Trinajstić information content (AvgIpc) is 2.65. The van der Waals surface area contributed by atoms with Crippen LogP contribution < -0.4 is 10.5 Å². The lowest BCUT2D eigenvalue weighted by Gasteiger charge is -2.12. The molecular formula is C11H14N4O. The van der Waals surface area contributed by atoms with Crippen molar-refractivity contribution in [2.45, 2.75) is 20.0 Å². The van der Waals surface area contributed by atoms with Gasteiger partial charge in [0.05, 0.1) is 6.10 Å². The topological polar surface area (TPSA) is 66.0 Å². The minimum atomic E-state index is 0.0934. The van der Waals surface area contributed by atoms with Gasteiger partial charge in [-0.15, -0.1) is 5.10 Å². The molecule has 0 aliphatic rings. The van der Waals surface area contributed by atoms with E-state index < -0.39 is 0 Å². The molecule has 0 saturated carbocycles. The largest absolute Gasteiger partial charge is 0.487 e. The molecule has 0 aromatic carbocycles. The van der Waals surface area contributed by atoms with Crippen LogP contribution in [0.1, 0.15) is 13.8 Å². The van der Waals surface area contributed by atoms with Crippen LogP contribution in [0.3, 0.4) is 0 Å². The highest BCUT2D eigenvalue weighted by Gasteiger charge is 2.09. The van der Waals surface area contributed by atoms with E-state index >= 15 is 0 Å². The fourth-order valence-corrected chi connectivity index (χ4v) is 1.36. The minimum Gasteiger partial charge on any atom is -0.487 e. The third-order valence-corrected chi connectivity index (χ3v) is 1.94. The highest BCUT2D eigenvalue weighted by Crippen LogP contribution is 2.20. The third kappa shape index (κ3) is 2.13. The van der Waals surface area contributed by atoms with Gasteiger partial charge >= 0.3 is 0 Å². The SMILES string of the molecule is CC(C)Oc1cccnc1-n1ccc(N)n1. The van der Waals surface area contributed by atoms with Crippen molar-refractivity contribution in [2.75, 3.05) is 5.73 Å². The molecule has 0 spiro atoms. The van der Waals surface area contributed by atoms with Gasteiger partial charge in [0.25, 0.3) is 0 Å². The predicted octanol–water partition coefficient (Wildman–Crippen LogP) is 1.64. The number of ether oxygens (including phenoxy) is 1. The first-order valence-electron chi connectivity index (χ1n) is 5.10. The lowest BCUT2D eigenvalue weighted by molar-refractivity contribution is 0.240. The average molecular weight is 218 g/mol. The summed E-state index contributed by atoms with van der Waals surface area (Å²) in [5.74, 6) is 1.80. The standard InChI is InChI=1S/C11H14N4O/c1-8(2)16-9-4-3-6-13-11(9)15-7-5-10(12)14-15/h3-8H,1-2H3,(H2,12,14). The number of nitrogen functional groups attached to an aromatic ring is 1. The summed E-state index contributed by atoms with van der Waals surface area (Å²) in [7, 11) is 0. The highest BCUT2D eigenvalue weighted by atomic mass is 16.5. The molecule has 0 aliphatic heterocycles. The van der Waals surface area contributed by atoms with Crippen molar-refractivity contribution in [3.8, 4) is 11.6 Å². The maximum atomic E-state index is 5.64. The molecule has 2 aromatic heterocycles. The van der Waals surface area contributed by atoms with Crippen molar-refractivity contribution in [3.05, 3.63) is 30.6 Å². The van der Waals surface area contributed by atoms with Gasteiger partial charge < -0.3 is 10.5 Å². The van der Waals surface area contributed by atoms with Crippen molar-refractivity contribution < 1.29 is 4.74 Å². The van der Waals surface area contributed by atoms with E-state index in [1.807, 2.05) is 26.0 Å².